The summed E-state index contributed by atoms with van der Waals surface area (Å²) in [5.41, 5.74) is 8.42. The normalized spacial score (nSPS) is 13.6. The molecule has 3 aromatic heterocycles. The quantitative estimate of drug-likeness (QED) is 0.0890. The summed E-state index contributed by atoms with van der Waals surface area (Å²) in [4.78, 5) is 28.1. The average Bonchev–Trinajstić information content (AvgIpc) is 4.00. The molecule has 11 nitrogen and oxygen atoms in total. The lowest BCUT2D eigenvalue weighted by Gasteiger charge is -2.37. The first-order valence-corrected chi connectivity index (χ1v) is 23.2. The van der Waals surface area contributed by atoms with Gasteiger partial charge in [-0.3, -0.25) is 4.90 Å². The van der Waals surface area contributed by atoms with Gasteiger partial charge in [0.2, 0.25) is 0 Å². The smallest absolute Gasteiger partial charge is 0.324 e. The van der Waals surface area contributed by atoms with Crippen LogP contribution in [0.2, 0.25) is 0 Å². The minimum Gasteiger partial charge on any atom is -0.478 e. The molecule has 0 spiro atoms. The topological polar surface area (TPSA) is 107 Å². The minimum absolute atomic E-state index is 0.00112. The van der Waals surface area contributed by atoms with Crippen LogP contribution in [0, 0.1) is 6.92 Å². The summed E-state index contributed by atoms with van der Waals surface area (Å²) in [6, 6.07) is 61.8. The third kappa shape index (κ3) is 8.56. The monoisotopic (exact) mass is 883 g/mol. The van der Waals surface area contributed by atoms with Crippen LogP contribution in [0.15, 0.2) is 182 Å². The van der Waals surface area contributed by atoms with Crippen LogP contribution in [0.5, 0.6) is 5.75 Å². The SMILES string of the molecule is CCCCc1nc2cc(N3CCCN(Cc4ccccc4)C3=O)c(C)nc2n1Cc1ccc(OC(c2ccccc2)c2nnnn2C(c2ccccc2)(c2ccccc2)c2ccccc2)cc1. The van der Waals surface area contributed by atoms with Crippen LogP contribution in [0.25, 0.3) is 11.2 Å². The molecular weight excluding hydrogens is 831 g/mol. The Hall–Kier alpha value is -7.92. The van der Waals surface area contributed by atoms with Crippen molar-refractivity contribution in [2.75, 3.05) is 18.0 Å². The molecule has 2 amide bonds. The van der Waals surface area contributed by atoms with Crippen molar-refractivity contribution in [3.63, 3.8) is 0 Å². The van der Waals surface area contributed by atoms with E-state index in [-0.39, 0.29) is 6.03 Å². The van der Waals surface area contributed by atoms with Gasteiger partial charge in [-0.25, -0.2) is 19.4 Å². The van der Waals surface area contributed by atoms with Crippen LogP contribution in [-0.2, 0) is 25.0 Å². The fourth-order valence-electron chi connectivity index (χ4n) is 9.49. The molecular formula is C56H53N9O2. The summed E-state index contributed by atoms with van der Waals surface area (Å²) in [7, 11) is 0. The summed E-state index contributed by atoms with van der Waals surface area (Å²) in [5, 5.41) is 14.0. The van der Waals surface area contributed by atoms with Crippen LogP contribution in [0.1, 0.15) is 83.0 Å². The number of fused-ring (bicyclic) bond motifs is 1. The van der Waals surface area contributed by atoms with Crippen molar-refractivity contribution in [3.8, 4) is 5.75 Å². The number of aryl methyl sites for hydroxylation is 2. The molecule has 0 aliphatic carbocycles. The molecule has 1 unspecified atom stereocenters. The van der Waals surface area contributed by atoms with E-state index in [2.05, 4.69) is 132 Å². The molecule has 4 heterocycles. The van der Waals surface area contributed by atoms with Gasteiger partial charge in [-0.2, -0.15) is 0 Å². The van der Waals surface area contributed by atoms with E-state index in [1.54, 1.807) is 0 Å². The van der Waals surface area contributed by atoms with Crippen LogP contribution in [0.4, 0.5) is 10.5 Å². The number of benzene rings is 6. The second-order valence-corrected chi connectivity index (χ2v) is 17.2. The number of rotatable bonds is 16. The van der Waals surface area contributed by atoms with Gasteiger partial charge in [0.15, 0.2) is 17.6 Å². The summed E-state index contributed by atoms with van der Waals surface area (Å²) in [6.45, 7) is 6.71. The third-order valence-corrected chi connectivity index (χ3v) is 12.8. The molecule has 0 N–H and O–H groups in total. The standard InChI is InChI=1S/C56H53N9O2/c1-3-4-31-51-58-49-38-50(63-37-20-36-62(55(63)66)39-42-21-10-5-11-22-42)41(2)57-53(49)64(51)40-43-32-34-48(35-33-43)67-52(44-23-12-6-13-24-44)54-59-60-61-65(54)56(45-25-14-7-15-26-45,46-27-16-8-17-28-46)47-29-18-9-19-30-47/h5-19,21-30,32-35,38,52H,3-4,20,31,36-37,39-40H2,1-2H3. The fourth-order valence-corrected chi connectivity index (χ4v) is 9.49. The van der Waals surface area contributed by atoms with Gasteiger partial charge in [-0.15, -0.1) is 5.10 Å². The van der Waals surface area contributed by atoms with Crippen molar-refractivity contribution in [2.45, 2.75) is 64.3 Å². The number of aromatic nitrogens is 7. The van der Waals surface area contributed by atoms with E-state index in [1.165, 1.54) is 0 Å². The number of pyridine rings is 1. The number of urea groups is 1. The van der Waals surface area contributed by atoms with Gasteiger partial charge >= 0.3 is 6.03 Å². The Morgan fingerprint density at radius 3 is 1.87 bits per heavy atom. The Labute approximate surface area is 391 Å². The summed E-state index contributed by atoms with van der Waals surface area (Å²) < 4.78 is 11.2. The molecule has 11 heteroatoms. The molecule has 1 saturated heterocycles. The Kier molecular flexibility index (Phi) is 12.4. The Morgan fingerprint density at radius 2 is 1.25 bits per heavy atom. The second kappa shape index (κ2) is 19.3. The predicted octanol–water partition coefficient (Wildman–Crippen LogP) is 11.0. The van der Waals surface area contributed by atoms with Crippen LogP contribution < -0.4 is 9.64 Å². The zero-order chi connectivity index (χ0) is 45.6. The maximum absolute atomic E-state index is 13.9. The van der Waals surface area contributed by atoms with Crippen LogP contribution in [-0.4, -0.2) is 58.8 Å². The molecule has 0 saturated carbocycles. The van der Waals surface area contributed by atoms with E-state index in [9.17, 15) is 4.79 Å². The van der Waals surface area contributed by atoms with E-state index in [1.807, 2.05) is 88.1 Å². The second-order valence-electron chi connectivity index (χ2n) is 17.2. The molecule has 10 rings (SSSR count). The summed E-state index contributed by atoms with van der Waals surface area (Å²) in [5.74, 6) is 2.20. The molecule has 1 aliphatic rings. The highest BCUT2D eigenvalue weighted by atomic mass is 16.5. The first-order valence-electron chi connectivity index (χ1n) is 23.2. The predicted molar refractivity (Wildman–Crippen MR) is 262 cm³/mol. The molecule has 1 aliphatic heterocycles. The number of hydrogen-bond donors (Lipinski definition) is 0. The lowest BCUT2D eigenvalue weighted by molar-refractivity contribution is 0.192. The number of ether oxygens (including phenoxy) is 1. The van der Waals surface area contributed by atoms with Crippen LogP contribution in [0.3, 0.4) is 0 Å². The zero-order valence-corrected chi connectivity index (χ0v) is 37.9. The Bertz CT molecular complexity index is 2950. The maximum Gasteiger partial charge on any atom is 0.324 e. The van der Waals surface area contributed by atoms with E-state index >= 15 is 0 Å². The van der Waals surface area contributed by atoms with Gasteiger partial charge in [0, 0.05) is 31.6 Å². The number of amides is 2. The van der Waals surface area contributed by atoms with Crippen molar-refractivity contribution in [2.24, 2.45) is 0 Å². The molecule has 67 heavy (non-hydrogen) atoms. The van der Waals surface area contributed by atoms with Gasteiger partial charge in [0.05, 0.1) is 17.9 Å². The van der Waals surface area contributed by atoms with Crippen molar-refractivity contribution < 1.29 is 9.53 Å². The van der Waals surface area contributed by atoms with Crippen molar-refractivity contribution in [3.05, 3.63) is 233 Å². The van der Waals surface area contributed by atoms with Crippen molar-refractivity contribution in [1.29, 1.82) is 0 Å². The van der Waals surface area contributed by atoms with Gasteiger partial charge in [-0.1, -0.05) is 177 Å². The highest BCUT2D eigenvalue weighted by Gasteiger charge is 2.43. The highest BCUT2D eigenvalue weighted by Crippen LogP contribution is 2.43. The third-order valence-electron chi connectivity index (χ3n) is 12.8. The first-order chi connectivity index (χ1) is 33.0. The summed E-state index contributed by atoms with van der Waals surface area (Å²) >= 11 is 0. The number of tetrazole rings is 1. The summed E-state index contributed by atoms with van der Waals surface area (Å²) in [6.07, 6.45) is 3.07. The number of hydrogen-bond acceptors (Lipinski definition) is 7. The van der Waals surface area contributed by atoms with Crippen molar-refractivity contribution in [1.82, 2.24) is 39.6 Å². The average molecular weight is 884 g/mol. The number of imidazole rings is 1. The van der Waals surface area contributed by atoms with E-state index < -0.39 is 11.6 Å². The van der Waals surface area contributed by atoms with E-state index in [0.29, 0.717) is 31.2 Å². The molecule has 0 radical (unpaired) electrons. The van der Waals surface area contributed by atoms with Gasteiger partial charge in [0.1, 0.15) is 22.6 Å². The molecule has 1 atom stereocenters. The number of unbranched alkanes of at least 4 members (excludes halogenated alkanes) is 1. The van der Waals surface area contributed by atoms with Gasteiger partial charge in [-0.05, 0) is 76.2 Å². The lowest BCUT2D eigenvalue weighted by Crippen LogP contribution is -2.49. The molecule has 334 valence electrons. The number of carbonyl (C=O) groups excluding carboxylic acids is 1. The van der Waals surface area contributed by atoms with Crippen molar-refractivity contribution >= 4 is 22.9 Å². The Morgan fingerprint density at radius 1 is 0.672 bits per heavy atom. The van der Waals surface area contributed by atoms with Gasteiger partial charge < -0.3 is 14.2 Å². The highest BCUT2D eigenvalue weighted by molar-refractivity contribution is 5.95. The van der Waals surface area contributed by atoms with Crippen LogP contribution >= 0.6 is 0 Å². The lowest BCUT2D eigenvalue weighted by atomic mass is 9.77. The molecule has 6 aromatic carbocycles. The Balaban J connectivity index is 0.975. The number of nitrogens with zero attached hydrogens (tertiary/aromatic N) is 9. The van der Waals surface area contributed by atoms with Gasteiger partial charge in [0.25, 0.3) is 0 Å². The fraction of sp³-hybridized carbons (Fsp3) is 0.214. The first kappa shape index (κ1) is 43.0. The maximum atomic E-state index is 13.9. The molecule has 9 aromatic rings. The number of carbonyl (C=O) groups is 1. The molecule has 1 fully saturated rings. The van der Waals surface area contributed by atoms with E-state index in [4.69, 9.17) is 25.0 Å². The number of anilines is 1. The zero-order valence-electron chi connectivity index (χ0n) is 37.9. The minimum atomic E-state index is -0.939. The molecule has 0 bridgehead atoms. The van der Waals surface area contributed by atoms with E-state index in [0.717, 1.165) is 94.0 Å². The largest absolute Gasteiger partial charge is 0.478 e.